The van der Waals surface area contributed by atoms with E-state index in [1.54, 1.807) is 24.1 Å². The van der Waals surface area contributed by atoms with E-state index in [0.29, 0.717) is 25.1 Å². The molecule has 1 aromatic carbocycles. The lowest BCUT2D eigenvalue weighted by atomic mass is 9.98. The molecule has 0 bridgehead atoms. The topological polar surface area (TPSA) is 95.8 Å². The van der Waals surface area contributed by atoms with E-state index in [-0.39, 0.29) is 23.1 Å². The normalized spacial score (nSPS) is 17.8. The molecular weight excluding hydrogens is 416 g/mol. The van der Waals surface area contributed by atoms with Crippen molar-refractivity contribution in [1.82, 2.24) is 14.4 Å². The number of amides is 1. The molecule has 2 heterocycles. The fraction of sp³-hybridized carbons (Fsp3) is 0.455. The van der Waals surface area contributed by atoms with Crippen LogP contribution in [0.15, 0.2) is 33.8 Å². The molecule has 1 aromatic heterocycles. The summed E-state index contributed by atoms with van der Waals surface area (Å²) in [5.41, 5.74) is 3.27. The molecule has 1 fully saturated rings. The fourth-order valence-electron chi connectivity index (χ4n) is 3.58. The van der Waals surface area contributed by atoms with Gasteiger partial charge in [0, 0.05) is 45.1 Å². The minimum absolute atomic E-state index is 0.0563. The number of rotatable bonds is 6. The van der Waals surface area contributed by atoms with Crippen molar-refractivity contribution in [3.05, 3.63) is 47.0 Å². The largest absolute Gasteiger partial charge is 0.383 e. The fourth-order valence-corrected chi connectivity index (χ4v) is 5.36. The van der Waals surface area contributed by atoms with Crippen LogP contribution in [0.3, 0.4) is 0 Å². The van der Waals surface area contributed by atoms with E-state index in [1.165, 1.54) is 4.31 Å². The monoisotopic (exact) mass is 446 g/mol. The number of piperidine rings is 1. The van der Waals surface area contributed by atoms with Gasteiger partial charge in [-0.25, -0.2) is 8.42 Å². The third-order valence-corrected chi connectivity index (χ3v) is 7.51. The van der Waals surface area contributed by atoms with Crippen LogP contribution in [0.2, 0.25) is 0 Å². The second kappa shape index (κ2) is 9.23. The number of anilines is 1. The van der Waals surface area contributed by atoms with Gasteiger partial charge in [0.15, 0.2) is 10.7 Å². The average molecular weight is 447 g/mol. The van der Waals surface area contributed by atoms with E-state index < -0.39 is 15.9 Å². The van der Waals surface area contributed by atoms with Crippen LogP contribution in [0, 0.1) is 26.7 Å². The van der Waals surface area contributed by atoms with Crippen molar-refractivity contribution in [2.75, 3.05) is 32.5 Å². The number of nitrogens with one attached hydrogen (secondary N) is 1. The van der Waals surface area contributed by atoms with Gasteiger partial charge in [-0.05, 0) is 56.9 Å². The first-order chi connectivity index (χ1) is 14.6. The van der Waals surface area contributed by atoms with E-state index in [4.69, 9.17) is 4.52 Å². The molecule has 1 aliphatic rings. The van der Waals surface area contributed by atoms with Crippen molar-refractivity contribution in [3.63, 3.8) is 0 Å². The lowest BCUT2D eigenvalue weighted by Crippen LogP contribution is -2.43. The van der Waals surface area contributed by atoms with E-state index in [9.17, 15) is 13.2 Å². The van der Waals surface area contributed by atoms with Crippen LogP contribution < -0.4 is 5.32 Å². The average Bonchev–Trinajstić information content (AvgIpc) is 3.10. The molecule has 0 spiro atoms. The Bertz CT molecular complexity index is 1090. The molecule has 1 amide bonds. The van der Waals surface area contributed by atoms with Crippen molar-refractivity contribution in [2.24, 2.45) is 5.92 Å². The first kappa shape index (κ1) is 23.0. The number of benzene rings is 1. The Morgan fingerprint density at radius 1 is 1.26 bits per heavy atom. The highest BCUT2D eigenvalue weighted by atomic mass is 32.2. The van der Waals surface area contributed by atoms with Crippen LogP contribution >= 0.6 is 0 Å². The Balaban J connectivity index is 1.79. The highest BCUT2D eigenvalue weighted by molar-refractivity contribution is 7.89. The van der Waals surface area contributed by atoms with Gasteiger partial charge in [-0.1, -0.05) is 11.2 Å². The SMILES string of the molecule is Cc1ccc(NC(=O)C2CCCN(S(=O)(=O)c3c(C)noc3/C=C/N(C)C)C2)cc1C. The van der Waals surface area contributed by atoms with Crippen molar-refractivity contribution in [3.8, 4) is 0 Å². The Kier molecular flexibility index (Phi) is 6.86. The molecule has 0 aliphatic carbocycles. The maximum absolute atomic E-state index is 13.4. The number of aryl methyl sites for hydroxylation is 3. The zero-order chi connectivity index (χ0) is 22.8. The number of aromatic nitrogens is 1. The summed E-state index contributed by atoms with van der Waals surface area (Å²) in [6.07, 6.45) is 4.53. The summed E-state index contributed by atoms with van der Waals surface area (Å²) in [7, 11) is -0.191. The summed E-state index contributed by atoms with van der Waals surface area (Å²) >= 11 is 0. The van der Waals surface area contributed by atoms with Crippen molar-refractivity contribution >= 4 is 27.7 Å². The number of carbonyl (C=O) groups excluding carboxylic acids is 1. The summed E-state index contributed by atoms with van der Waals surface area (Å²) in [6.45, 7) is 6.10. The van der Waals surface area contributed by atoms with Crippen LogP contribution in [-0.4, -0.2) is 55.9 Å². The molecule has 2 aromatic rings. The van der Waals surface area contributed by atoms with Gasteiger partial charge in [-0.15, -0.1) is 0 Å². The van der Waals surface area contributed by atoms with E-state index in [1.807, 2.05) is 46.1 Å². The predicted molar refractivity (Wildman–Crippen MR) is 120 cm³/mol. The van der Waals surface area contributed by atoms with Gasteiger partial charge in [0.05, 0.1) is 5.92 Å². The molecule has 31 heavy (non-hydrogen) atoms. The van der Waals surface area contributed by atoms with Gasteiger partial charge < -0.3 is 14.7 Å². The first-order valence-corrected chi connectivity index (χ1v) is 11.7. The van der Waals surface area contributed by atoms with Gasteiger partial charge >= 0.3 is 0 Å². The smallest absolute Gasteiger partial charge is 0.248 e. The second-order valence-corrected chi connectivity index (χ2v) is 10.1. The number of sulfonamides is 1. The molecule has 1 N–H and O–H groups in total. The Hall–Kier alpha value is -2.65. The minimum Gasteiger partial charge on any atom is -0.383 e. The quantitative estimate of drug-likeness (QED) is 0.732. The second-order valence-electron chi connectivity index (χ2n) is 8.23. The molecular formula is C22H30N4O4S. The highest BCUT2D eigenvalue weighted by Gasteiger charge is 2.37. The van der Waals surface area contributed by atoms with E-state index >= 15 is 0 Å². The van der Waals surface area contributed by atoms with Gasteiger partial charge in [0.1, 0.15) is 5.69 Å². The molecule has 0 saturated carbocycles. The lowest BCUT2D eigenvalue weighted by molar-refractivity contribution is -0.120. The zero-order valence-corrected chi connectivity index (χ0v) is 19.5. The van der Waals surface area contributed by atoms with Crippen LogP contribution in [0.25, 0.3) is 6.08 Å². The molecule has 9 heteroatoms. The number of hydrogen-bond donors (Lipinski definition) is 1. The van der Waals surface area contributed by atoms with E-state index in [0.717, 1.165) is 16.8 Å². The third kappa shape index (κ3) is 5.16. The van der Waals surface area contributed by atoms with Gasteiger partial charge in [0.25, 0.3) is 0 Å². The van der Waals surface area contributed by atoms with E-state index in [2.05, 4.69) is 10.5 Å². The third-order valence-electron chi connectivity index (χ3n) is 5.48. The maximum Gasteiger partial charge on any atom is 0.248 e. The van der Waals surface area contributed by atoms with Gasteiger partial charge in [0.2, 0.25) is 15.9 Å². The van der Waals surface area contributed by atoms with Gasteiger partial charge in [-0.2, -0.15) is 4.31 Å². The summed E-state index contributed by atoms with van der Waals surface area (Å²) < 4.78 is 33.4. The molecule has 1 unspecified atom stereocenters. The summed E-state index contributed by atoms with van der Waals surface area (Å²) in [5, 5.41) is 6.79. The predicted octanol–water partition coefficient (Wildman–Crippen LogP) is 3.17. The zero-order valence-electron chi connectivity index (χ0n) is 18.7. The molecule has 0 radical (unpaired) electrons. The maximum atomic E-state index is 13.4. The summed E-state index contributed by atoms with van der Waals surface area (Å²) in [5.74, 6) is -0.406. The van der Waals surface area contributed by atoms with Crippen LogP contribution in [-0.2, 0) is 14.8 Å². The van der Waals surface area contributed by atoms with Crippen LogP contribution in [0.4, 0.5) is 5.69 Å². The van der Waals surface area contributed by atoms with Crippen molar-refractivity contribution in [2.45, 2.75) is 38.5 Å². The molecule has 1 aliphatic heterocycles. The van der Waals surface area contributed by atoms with Crippen LogP contribution in [0.1, 0.15) is 35.4 Å². The molecule has 1 atom stereocenters. The first-order valence-electron chi connectivity index (χ1n) is 10.3. The number of nitrogens with zero attached hydrogens (tertiary/aromatic N) is 3. The molecule has 3 rings (SSSR count). The summed E-state index contributed by atoms with van der Waals surface area (Å²) in [4.78, 5) is 14.7. The number of carbonyl (C=O) groups is 1. The Morgan fingerprint density at radius 3 is 2.68 bits per heavy atom. The molecule has 168 valence electrons. The Morgan fingerprint density at radius 2 is 2.00 bits per heavy atom. The standard InChI is InChI=1S/C22H30N4O4S/c1-15-8-9-19(13-16(15)2)23-22(27)18-7-6-11-26(14-18)31(28,29)21-17(3)24-30-20(21)10-12-25(4)5/h8-10,12-13,18H,6-7,11,14H2,1-5H3,(H,23,27)/b12-10+. The van der Waals surface area contributed by atoms with Crippen LogP contribution in [0.5, 0.6) is 0 Å². The van der Waals surface area contributed by atoms with Crippen molar-refractivity contribution in [1.29, 1.82) is 0 Å². The highest BCUT2D eigenvalue weighted by Crippen LogP contribution is 2.29. The van der Waals surface area contributed by atoms with Gasteiger partial charge in [-0.3, -0.25) is 4.79 Å². The summed E-state index contributed by atoms with van der Waals surface area (Å²) in [6, 6.07) is 5.75. The lowest BCUT2D eigenvalue weighted by Gasteiger charge is -2.31. The number of hydrogen-bond acceptors (Lipinski definition) is 6. The van der Waals surface area contributed by atoms with Crippen molar-refractivity contribution < 1.29 is 17.7 Å². The molecule has 1 saturated heterocycles. The molecule has 8 nitrogen and oxygen atoms in total. The minimum atomic E-state index is -3.85. The Labute approximate surface area is 183 Å².